The van der Waals surface area contributed by atoms with E-state index in [4.69, 9.17) is 9.47 Å². The van der Waals surface area contributed by atoms with Gasteiger partial charge in [0.15, 0.2) is 5.79 Å². The van der Waals surface area contributed by atoms with E-state index in [0.29, 0.717) is 13.2 Å². The number of aromatic nitrogens is 1. The Bertz CT molecular complexity index is 310. The minimum atomic E-state index is -0.392. The lowest BCUT2D eigenvalue weighted by atomic mass is 10.2. The summed E-state index contributed by atoms with van der Waals surface area (Å²) in [5.74, 6) is -0.392. The van der Waals surface area contributed by atoms with Crippen molar-refractivity contribution in [3.05, 3.63) is 30.1 Å². The molecule has 1 fully saturated rings. The van der Waals surface area contributed by atoms with E-state index in [9.17, 15) is 0 Å². The number of nitrogens with one attached hydrogen (secondary N) is 1. The van der Waals surface area contributed by atoms with Gasteiger partial charge < -0.3 is 14.8 Å². The molecule has 88 valence electrons. The number of hydrogen-bond donors (Lipinski definition) is 1. The first kappa shape index (κ1) is 11.5. The number of rotatable bonds is 5. The monoisotopic (exact) mass is 222 g/mol. The SMILES string of the molecule is CC1(CCNCc2ccccn2)OCCO1. The zero-order chi connectivity index (χ0) is 11.3. The average molecular weight is 222 g/mol. The van der Waals surface area contributed by atoms with Gasteiger partial charge in [0.2, 0.25) is 0 Å². The Labute approximate surface area is 96.0 Å². The molecule has 0 atom stereocenters. The molecule has 1 N–H and O–H groups in total. The van der Waals surface area contributed by atoms with Gasteiger partial charge in [0, 0.05) is 25.7 Å². The van der Waals surface area contributed by atoms with E-state index in [-0.39, 0.29) is 0 Å². The summed E-state index contributed by atoms with van der Waals surface area (Å²) in [4.78, 5) is 4.24. The Balaban J connectivity index is 1.65. The molecule has 2 rings (SSSR count). The highest BCUT2D eigenvalue weighted by molar-refractivity contribution is 5.02. The highest BCUT2D eigenvalue weighted by Crippen LogP contribution is 2.21. The molecule has 1 aromatic heterocycles. The Hall–Kier alpha value is -0.970. The van der Waals surface area contributed by atoms with Gasteiger partial charge in [0.1, 0.15) is 0 Å². The van der Waals surface area contributed by atoms with Crippen molar-refractivity contribution in [3.63, 3.8) is 0 Å². The van der Waals surface area contributed by atoms with Crippen LogP contribution in [-0.4, -0.2) is 30.5 Å². The lowest BCUT2D eigenvalue weighted by Gasteiger charge is -2.22. The lowest BCUT2D eigenvalue weighted by Crippen LogP contribution is -2.30. The summed E-state index contributed by atoms with van der Waals surface area (Å²) < 4.78 is 11.0. The van der Waals surface area contributed by atoms with Gasteiger partial charge in [-0.25, -0.2) is 0 Å². The summed E-state index contributed by atoms with van der Waals surface area (Å²) in [6.07, 6.45) is 2.67. The van der Waals surface area contributed by atoms with Gasteiger partial charge in [0.05, 0.1) is 18.9 Å². The van der Waals surface area contributed by atoms with Gasteiger partial charge in [0.25, 0.3) is 0 Å². The Kier molecular flexibility index (Phi) is 3.88. The third-order valence-corrected chi connectivity index (χ3v) is 2.69. The number of nitrogens with zero attached hydrogens (tertiary/aromatic N) is 1. The van der Waals surface area contributed by atoms with Crippen LogP contribution in [0.15, 0.2) is 24.4 Å². The summed E-state index contributed by atoms with van der Waals surface area (Å²) in [5, 5.41) is 3.33. The fourth-order valence-electron chi connectivity index (χ4n) is 1.74. The molecule has 1 saturated heterocycles. The molecule has 0 unspecified atom stereocenters. The first-order valence-corrected chi connectivity index (χ1v) is 5.67. The van der Waals surface area contributed by atoms with Crippen LogP contribution in [0.3, 0.4) is 0 Å². The maximum atomic E-state index is 5.51. The second kappa shape index (κ2) is 5.39. The minimum Gasteiger partial charge on any atom is -0.348 e. The zero-order valence-electron chi connectivity index (χ0n) is 9.61. The molecule has 1 aliphatic rings. The predicted octanol–water partition coefficient (Wildman–Crippen LogP) is 1.32. The second-order valence-electron chi connectivity index (χ2n) is 4.08. The lowest BCUT2D eigenvalue weighted by molar-refractivity contribution is -0.145. The van der Waals surface area contributed by atoms with Crippen LogP contribution in [0, 0.1) is 0 Å². The highest BCUT2D eigenvalue weighted by Gasteiger charge is 2.29. The van der Waals surface area contributed by atoms with Gasteiger partial charge in [-0.1, -0.05) is 6.07 Å². The van der Waals surface area contributed by atoms with Crippen molar-refractivity contribution in [1.82, 2.24) is 10.3 Å². The van der Waals surface area contributed by atoms with Crippen molar-refractivity contribution in [1.29, 1.82) is 0 Å². The van der Waals surface area contributed by atoms with E-state index >= 15 is 0 Å². The van der Waals surface area contributed by atoms with Crippen molar-refractivity contribution in [3.8, 4) is 0 Å². The molecule has 4 heteroatoms. The van der Waals surface area contributed by atoms with E-state index in [2.05, 4.69) is 10.3 Å². The van der Waals surface area contributed by atoms with Gasteiger partial charge in [-0.15, -0.1) is 0 Å². The van der Waals surface area contributed by atoms with E-state index in [1.165, 1.54) is 0 Å². The van der Waals surface area contributed by atoms with Crippen LogP contribution in [0.4, 0.5) is 0 Å². The van der Waals surface area contributed by atoms with Crippen LogP contribution >= 0.6 is 0 Å². The van der Waals surface area contributed by atoms with E-state index < -0.39 is 5.79 Å². The fraction of sp³-hybridized carbons (Fsp3) is 0.583. The number of hydrogen-bond acceptors (Lipinski definition) is 4. The fourth-order valence-corrected chi connectivity index (χ4v) is 1.74. The molecular weight excluding hydrogens is 204 g/mol. The Morgan fingerprint density at radius 2 is 2.19 bits per heavy atom. The third kappa shape index (κ3) is 3.27. The molecule has 1 aromatic rings. The molecule has 16 heavy (non-hydrogen) atoms. The molecule has 1 aliphatic heterocycles. The summed E-state index contributed by atoms with van der Waals surface area (Å²) >= 11 is 0. The molecule has 0 radical (unpaired) electrons. The van der Waals surface area contributed by atoms with Crippen molar-refractivity contribution in [2.24, 2.45) is 0 Å². The topological polar surface area (TPSA) is 43.4 Å². The van der Waals surface area contributed by atoms with Gasteiger partial charge in [-0.3, -0.25) is 4.98 Å². The van der Waals surface area contributed by atoms with Crippen LogP contribution in [0.1, 0.15) is 19.0 Å². The molecule has 0 amide bonds. The van der Waals surface area contributed by atoms with E-state index in [1.54, 1.807) is 0 Å². The number of pyridine rings is 1. The molecule has 0 saturated carbocycles. The first-order chi connectivity index (χ1) is 7.79. The molecule has 4 nitrogen and oxygen atoms in total. The summed E-state index contributed by atoms with van der Waals surface area (Å²) in [6.45, 7) is 5.06. The van der Waals surface area contributed by atoms with Crippen molar-refractivity contribution >= 4 is 0 Å². The zero-order valence-corrected chi connectivity index (χ0v) is 9.61. The van der Waals surface area contributed by atoms with Crippen molar-refractivity contribution < 1.29 is 9.47 Å². The maximum absolute atomic E-state index is 5.51. The van der Waals surface area contributed by atoms with Crippen molar-refractivity contribution in [2.75, 3.05) is 19.8 Å². The predicted molar refractivity (Wildman–Crippen MR) is 60.9 cm³/mol. The summed E-state index contributed by atoms with van der Waals surface area (Å²) in [5.41, 5.74) is 1.06. The van der Waals surface area contributed by atoms with Crippen LogP contribution < -0.4 is 5.32 Å². The summed E-state index contributed by atoms with van der Waals surface area (Å²) in [7, 11) is 0. The average Bonchev–Trinajstić information content (AvgIpc) is 2.74. The summed E-state index contributed by atoms with van der Waals surface area (Å²) in [6, 6.07) is 5.93. The molecule has 2 heterocycles. The Morgan fingerprint density at radius 3 is 2.88 bits per heavy atom. The maximum Gasteiger partial charge on any atom is 0.166 e. The van der Waals surface area contributed by atoms with Crippen LogP contribution in [0.5, 0.6) is 0 Å². The quantitative estimate of drug-likeness (QED) is 0.763. The highest BCUT2D eigenvalue weighted by atomic mass is 16.7. The second-order valence-corrected chi connectivity index (χ2v) is 4.08. The molecule has 0 aliphatic carbocycles. The molecular formula is C12H18N2O2. The third-order valence-electron chi connectivity index (χ3n) is 2.69. The smallest absolute Gasteiger partial charge is 0.166 e. The molecule has 0 bridgehead atoms. The van der Waals surface area contributed by atoms with E-state index in [0.717, 1.165) is 25.2 Å². The largest absolute Gasteiger partial charge is 0.348 e. The first-order valence-electron chi connectivity index (χ1n) is 5.67. The van der Waals surface area contributed by atoms with Crippen molar-refractivity contribution in [2.45, 2.75) is 25.7 Å². The number of ether oxygens (including phenoxy) is 2. The Morgan fingerprint density at radius 1 is 1.38 bits per heavy atom. The molecule has 0 aromatic carbocycles. The minimum absolute atomic E-state index is 0.392. The van der Waals surface area contributed by atoms with Crippen LogP contribution in [0.2, 0.25) is 0 Å². The van der Waals surface area contributed by atoms with E-state index in [1.807, 2.05) is 31.3 Å². The standard InChI is InChI=1S/C12H18N2O2/c1-12(15-8-9-16-12)5-7-13-10-11-4-2-3-6-14-11/h2-4,6,13H,5,7-10H2,1H3. The normalized spacial score (nSPS) is 18.8. The van der Waals surface area contributed by atoms with Gasteiger partial charge in [-0.2, -0.15) is 0 Å². The van der Waals surface area contributed by atoms with Gasteiger partial charge in [-0.05, 0) is 19.1 Å². The van der Waals surface area contributed by atoms with Crippen LogP contribution in [-0.2, 0) is 16.0 Å². The molecule has 0 spiro atoms. The van der Waals surface area contributed by atoms with Gasteiger partial charge >= 0.3 is 0 Å². The van der Waals surface area contributed by atoms with Crippen LogP contribution in [0.25, 0.3) is 0 Å².